The minimum absolute atomic E-state index is 0.0411. The predicted octanol–water partition coefficient (Wildman–Crippen LogP) is 5.83. The first-order valence-electron chi connectivity index (χ1n) is 13.4. The lowest BCUT2D eigenvalue weighted by Crippen LogP contribution is -2.37. The van der Waals surface area contributed by atoms with E-state index in [0.29, 0.717) is 30.1 Å². The summed E-state index contributed by atoms with van der Waals surface area (Å²) in [6.07, 6.45) is 3.83. The summed E-state index contributed by atoms with van der Waals surface area (Å²) in [6, 6.07) is 17.3. The fraction of sp³-hybridized carbons (Fsp3) is 0.387. The lowest BCUT2D eigenvalue weighted by Gasteiger charge is -2.30. The Balaban J connectivity index is 1.48. The van der Waals surface area contributed by atoms with Crippen LogP contribution in [0.5, 0.6) is 5.75 Å². The molecule has 39 heavy (non-hydrogen) atoms. The number of sulfonamides is 1. The highest BCUT2D eigenvalue weighted by Crippen LogP contribution is 2.39. The minimum Gasteiger partial charge on any atom is -0.506 e. The van der Waals surface area contributed by atoms with E-state index < -0.39 is 10.0 Å². The maximum Gasteiger partial charge on any atom is 0.258 e. The molecule has 2 aliphatic rings. The fourth-order valence-corrected chi connectivity index (χ4v) is 6.05. The number of fused-ring (bicyclic) bond motifs is 1. The van der Waals surface area contributed by atoms with Crippen molar-refractivity contribution in [2.45, 2.75) is 51.4 Å². The number of phenols is 1. The smallest absolute Gasteiger partial charge is 0.258 e. The van der Waals surface area contributed by atoms with Crippen LogP contribution in [0.25, 0.3) is 11.1 Å². The van der Waals surface area contributed by atoms with Crippen LogP contribution in [0.3, 0.4) is 0 Å². The van der Waals surface area contributed by atoms with Crippen molar-refractivity contribution in [1.82, 2.24) is 0 Å². The molecular weight excluding hydrogens is 512 g/mol. The van der Waals surface area contributed by atoms with Crippen molar-refractivity contribution in [3.8, 4) is 16.9 Å². The van der Waals surface area contributed by atoms with Crippen LogP contribution in [-0.2, 0) is 26.6 Å². The SMILES string of the molecule is CC(C)(C)c1ccc(-c2ccc3c(c2)CCN(c2ccc(O)c(NS(C)(=O)=O)c2)C3=O)c(C2CCCOC2)c1. The van der Waals surface area contributed by atoms with Gasteiger partial charge in [-0.1, -0.05) is 51.1 Å². The largest absolute Gasteiger partial charge is 0.506 e. The van der Waals surface area contributed by atoms with E-state index in [2.05, 4.69) is 49.8 Å². The first kappa shape index (κ1) is 27.2. The lowest BCUT2D eigenvalue weighted by molar-refractivity contribution is 0.0805. The van der Waals surface area contributed by atoms with Crippen LogP contribution in [0, 0.1) is 0 Å². The van der Waals surface area contributed by atoms with Gasteiger partial charge in [0, 0.05) is 30.3 Å². The highest BCUT2D eigenvalue weighted by Gasteiger charge is 2.28. The predicted molar refractivity (Wildman–Crippen MR) is 155 cm³/mol. The third kappa shape index (κ3) is 5.82. The summed E-state index contributed by atoms with van der Waals surface area (Å²) in [5, 5.41) is 10.1. The fourth-order valence-electron chi connectivity index (χ4n) is 5.49. The van der Waals surface area contributed by atoms with E-state index in [0.717, 1.165) is 43.4 Å². The van der Waals surface area contributed by atoms with Crippen LogP contribution in [0.1, 0.15) is 66.6 Å². The molecule has 5 rings (SSSR count). The van der Waals surface area contributed by atoms with Crippen molar-refractivity contribution in [3.05, 3.63) is 76.9 Å². The van der Waals surface area contributed by atoms with Gasteiger partial charge in [0.25, 0.3) is 5.91 Å². The number of rotatable bonds is 5. The van der Waals surface area contributed by atoms with Gasteiger partial charge in [0.2, 0.25) is 10.0 Å². The van der Waals surface area contributed by atoms with Gasteiger partial charge in [-0.3, -0.25) is 9.52 Å². The third-order valence-electron chi connectivity index (χ3n) is 7.60. The highest BCUT2D eigenvalue weighted by atomic mass is 32.2. The molecule has 0 bridgehead atoms. The molecule has 0 radical (unpaired) electrons. The van der Waals surface area contributed by atoms with Crippen LogP contribution < -0.4 is 9.62 Å². The molecule has 0 saturated carbocycles. The first-order chi connectivity index (χ1) is 18.4. The van der Waals surface area contributed by atoms with E-state index in [1.165, 1.54) is 28.8 Å². The topological polar surface area (TPSA) is 95.9 Å². The second kappa shape index (κ2) is 10.3. The molecule has 0 spiro atoms. The Morgan fingerprint density at radius 2 is 1.79 bits per heavy atom. The molecule has 1 fully saturated rings. The molecule has 1 saturated heterocycles. The van der Waals surface area contributed by atoms with Crippen LogP contribution in [0.4, 0.5) is 11.4 Å². The number of nitrogens with zero attached hydrogens (tertiary/aromatic N) is 1. The van der Waals surface area contributed by atoms with Crippen molar-refractivity contribution in [2.75, 3.05) is 35.6 Å². The number of ether oxygens (including phenoxy) is 1. The number of carbonyl (C=O) groups is 1. The van der Waals surface area contributed by atoms with E-state index in [-0.39, 0.29) is 22.8 Å². The summed E-state index contributed by atoms with van der Waals surface area (Å²) in [7, 11) is -3.58. The van der Waals surface area contributed by atoms with E-state index in [9.17, 15) is 18.3 Å². The zero-order valence-electron chi connectivity index (χ0n) is 23.0. The molecule has 8 heteroatoms. The number of nitrogens with one attached hydrogen (secondary N) is 1. The minimum atomic E-state index is -3.58. The maximum atomic E-state index is 13.5. The number of aromatic hydroxyl groups is 1. The Hall–Kier alpha value is -3.36. The highest BCUT2D eigenvalue weighted by molar-refractivity contribution is 7.92. The van der Waals surface area contributed by atoms with Crippen LogP contribution in [0.2, 0.25) is 0 Å². The van der Waals surface area contributed by atoms with E-state index in [1.54, 1.807) is 11.0 Å². The van der Waals surface area contributed by atoms with Crippen LogP contribution in [-0.4, -0.2) is 45.4 Å². The molecule has 0 aliphatic carbocycles. The quantitative estimate of drug-likeness (QED) is 0.392. The van der Waals surface area contributed by atoms with Crippen molar-refractivity contribution >= 4 is 27.3 Å². The average Bonchev–Trinajstić information content (AvgIpc) is 2.89. The summed E-state index contributed by atoms with van der Waals surface area (Å²) in [4.78, 5) is 15.1. The van der Waals surface area contributed by atoms with Gasteiger partial charge in [-0.15, -0.1) is 0 Å². The Bertz CT molecular complexity index is 1520. The lowest BCUT2D eigenvalue weighted by atomic mass is 9.80. The molecule has 0 aromatic heterocycles. The molecule has 7 nitrogen and oxygen atoms in total. The molecule has 2 aliphatic heterocycles. The number of hydrogen-bond donors (Lipinski definition) is 2. The Morgan fingerprint density at radius 3 is 2.49 bits per heavy atom. The molecule has 2 N–H and O–H groups in total. The van der Waals surface area contributed by atoms with Gasteiger partial charge >= 0.3 is 0 Å². The molecular formula is C31H36N2O5S. The monoisotopic (exact) mass is 548 g/mol. The standard InChI is InChI=1S/C31H36N2O5S/c1-31(2,3)23-8-11-25(27(17-23)22-6-5-15-38-19-22)20-7-10-26-21(16-20)13-14-33(30(26)35)24-9-12-29(34)28(18-24)32-39(4,36)37/h7-12,16-18,22,32,34H,5-6,13-15,19H2,1-4H3. The number of amides is 1. The Kier molecular flexibility index (Phi) is 7.20. The van der Waals surface area contributed by atoms with Crippen LogP contribution >= 0.6 is 0 Å². The molecule has 2 heterocycles. The molecule has 1 amide bonds. The zero-order valence-corrected chi connectivity index (χ0v) is 23.8. The first-order valence-corrected chi connectivity index (χ1v) is 15.3. The number of benzene rings is 3. The number of anilines is 2. The maximum absolute atomic E-state index is 13.5. The van der Waals surface area contributed by atoms with Crippen molar-refractivity contribution in [3.63, 3.8) is 0 Å². The summed E-state index contributed by atoms with van der Waals surface area (Å²) in [5.41, 5.74) is 7.12. The van der Waals surface area contributed by atoms with Crippen molar-refractivity contribution in [1.29, 1.82) is 0 Å². The van der Waals surface area contributed by atoms with Gasteiger partial charge in [0.05, 0.1) is 18.6 Å². The molecule has 3 aromatic carbocycles. The number of phenolic OH excluding ortho intramolecular Hbond substituents is 1. The van der Waals surface area contributed by atoms with E-state index >= 15 is 0 Å². The molecule has 3 aromatic rings. The molecule has 1 atom stereocenters. The summed E-state index contributed by atoms with van der Waals surface area (Å²) in [5.74, 6) is -0.00783. The summed E-state index contributed by atoms with van der Waals surface area (Å²) >= 11 is 0. The zero-order chi connectivity index (χ0) is 27.9. The Morgan fingerprint density at radius 1 is 1.03 bits per heavy atom. The van der Waals surface area contributed by atoms with Gasteiger partial charge in [-0.05, 0) is 76.8 Å². The summed E-state index contributed by atoms with van der Waals surface area (Å²) < 4.78 is 31.6. The number of hydrogen-bond acceptors (Lipinski definition) is 5. The van der Waals surface area contributed by atoms with Crippen LogP contribution in [0.15, 0.2) is 54.6 Å². The van der Waals surface area contributed by atoms with Gasteiger partial charge in [-0.25, -0.2) is 8.42 Å². The Labute approximate surface area is 230 Å². The third-order valence-corrected chi connectivity index (χ3v) is 8.19. The average molecular weight is 549 g/mol. The van der Waals surface area contributed by atoms with Gasteiger partial charge in [0.15, 0.2) is 0 Å². The second-order valence-electron chi connectivity index (χ2n) is 11.6. The second-order valence-corrected chi connectivity index (χ2v) is 13.4. The van der Waals surface area contributed by atoms with Gasteiger partial charge in [0.1, 0.15) is 5.75 Å². The van der Waals surface area contributed by atoms with Gasteiger partial charge < -0.3 is 14.7 Å². The number of carbonyl (C=O) groups excluding carboxylic acids is 1. The normalized spacial score (nSPS) is 18.1. The molecule has 1 unspecified atom stereocenters. The summed E-state index contributed by atoms with van der Waals surface area (Å²) in [6.45, 7) is 8.68. The molecule has 206 valence electrons. The van der Waals surface area contributed by atoms with E-state index in [1.807, 2.05) is 12.1 Å². The van der Waals surface area contributed by atoms with Crippen molar-refractivity contribution in [2.24, 2.45) is 0 Å². The van der Waals surface area contributed by atoms with Crippen molar-refractivity contribution < 1.29 is 23.1 Å². The van der Waals surface area contributed by atoms with E-state index in [4.69, 9.17) is 4.74 Å². The van der Waals surface area contributed by atoms with Gasteiger partial charge in [-0.2, -0.15) is 0 Å².